The number of amides is 1. The van der Waals surface area contributed by atoms with E-state index < -0.39 is 17.7 Å². The number of hydrogen-bond acceptors (Lipinski definition) is 5. The number of esters is 1. The molecule has 0 heterocycles. The Labute approximate surface area is 159 Å². The highest BCUT2D eigenvalue weighted by Gasteiger charge is 2.13. The SMILES string of the molecule is O=C(N/N=C\c1cccc(OC(=O)c2ccccc2F)c1)c1ccc(O)cc1. The Bertz CT molecular complexity index is 1030. The highest BCUT2D eigenvalue weighted by Crippen LogP contribution is 2.16. The first-order valence-electron chi connectivity index (χ1n) is 8.22. The van der Waals surface area contributed by atoms with E-state index in [1.165, 1.54) is 54.7 Å². The minimum atomic E-state index is -0.812. The summed E-state index contributed by atoms with van der Waals surface area (Å²) in [4.78, 5) is 24.0. The Hall–Kier alpha value is -4.00. The predicted octanol–water partition coefficient (Wildman–Crippen LogP) is 3.51. The first-order chi connectivity index (χ1) is 13.5. The average Bonchev–Trinajstić information content (AvgIpc) is 2.69. The van der Waals surface area contributed by atoms with Crippen LogP contribution in [0.5, 0.6) is 11.5 Å². The van der Waals surface area contributed by atoms with E-state index >= 15 is 0 Å². The zero-order valence-electron chi connectivity index (χ0n) is 14.5. The van der Waals surface area contributed by atoms with E-state index in [-0.39, 0.29) is 17.1 Å². The van der Waals surface area contributed by atoms with Crippen LogP contribution < -0.4 is 10.2 Å². The predicted molar refractivity (Wildman–Crippen MR) is 101 cm³/mol. The number of phenols is 1. The van der Waals surface area contributed by atoms with Gasteiger partial charge in [-0.2, -0.15) is 5.10 Å². The smallest absolute Gasteiger partial charge is 0.346 e. The quantitative estimate of drug-likeness (QED) is 0.308. The van der Waals surface area contributed by atoms with Crippen molar-refractivity contribution in [1.29, 1.82) is 0 Å². The molecule has 0 bridgehead atoms. The van der Waals surface area contributed by atoms with Crippen molar-refractivity contribution >= 4 is 18.1 Å². The zero-order chi connectivity index (χ0) is 19.9. The van der Waals surface area contributed by atoms with Crippen LogP contribution in [-0.2, 0) is 0 Å². The molecule has 0 aromatic heterocycles. The lowest BCUT2D eigenvalue weighted by atomic mass is 10.2. The maximum Gasteiger partial charge on any atom is 0.346 e. The van der Waals surface area contributed by atoms with Crippen molar-refractivity contribution < 1.29 is 23.8 Å². The summed E-state index contributed by atoms with van der Waals surface area (Å²) >= 11 is 0. The third kappa shape index (κ3) is 4.79. The number of nitrogens with one attached hydrogen (secondary N) is 1. The van der Waals surface area contributed by atoms with Gasteiger partial charge >= 0.3 is 5.97 Å². The summed E-state index contributed by atoms with van der Waals surface area (Å²) in [7, 11) is 0. The Morgan fingerprint density at radius 1 is 1.00 bits per heavy atom. The van der Waals surface area contributed by atoms with E-state index in [9.17, 15) is 19.1 Å². The Kier molecular flexibility index (Phi) is 5.76. The van der Waals surface area contributed by atoms with Crippen molar-refractivity contribution in [2.75, 3.05) is 0 Å². The molecule has 7 heteroatoms. The number of benzene rings is 3. The van der Waals surface area contributed by atoms with Crippen LogP contribution in [0.4, 0.5) is 4.39 Å². The number of ether oxygens (including phenoxy) is 1. The lowest BCUT2D eigenvalue weighted by Crippen LogP contribution is -2.17. The molecule has 0 saturated heterocycles. The van der Waals surface area contributed by atoms with E-state index in [4.69, 9.17) is 4.74 Å². The van der Waals surface area contributed by atoms with Gasteiger partial charge in [-0.3, -0.25) is 4.79 Å². The van der Waals surface area contributed by atoms with Crippen LogP contribution in [0, 0.1) is 5.82 Å². The second kappa shape index (κ2) is 8.59. The van der Waals surface area contributed by atoms with E-state index in [0.29, 0.717) is 11.1 Å². The van der Waals surface area contributed by atoms with Crippen molar-refractivity contribution in [3.8, 4) is 11.5 Å². The average molecular weight is 378 g/mol. The Balaban J connectivity index is 1.63. The summed E-state index contributed by atoms with van der Waals surface area (Å²) in [5.41, 5.74) is 3.08. The van der Waals surface area contributed by atoms with Gasteiger partial charge < -0.3 is 9.84 Å². The largest absolute Gasteiger partial charge is 0.508 e. The Morgan fingerprint density at radius 3 is 2.50 bits per heavy atom. The normalized spacial score (nSPS) is 10.6. The lowest BCUT2D eigenvalue weighted by molar-refractivity contribution is 0.0729. The summed E-state index contributed by atoms with van der Waals surface area (Å²) < 4.78 is 18.8. The van der Waals surface area contributed by atoms with Crippen molar-refractivity contribution in [3.63, 3.8) is 0 Å². The monoisotopic (exact) mass is 378 g/mol. The van der Waals surface area contributed by atoms with Crippen LogP contribution in [-0.4, -0.2) is 23.2 Å². The number of halogens is 1. The summed E-state index contributed by atoms with van der Waals surface area (Å²) in [6.45, 7) is 0. The molecule has 2 N–H and O–H groups in total. The van der Waals surface area contributed by atoms with Gasteiger partial charge in [-0.25, -0.2) is 14.6 Å². The first kappa shape index (κ1) is 18.8. The van der Waals surface area contributed by atoms with Crippen LogP contribution in [0.2, 0.25) is 0 Å². The maximum absolute atomic E-state index is 13.7. The summed E-state index contributed by atoms with van der Waals surface area (Å²) in [5.74, 6) is -1.66. The topological polar surface area (TPSA) is 88.0 Å². The molecule has 3 aromatic rings. The van der Waals surface area contributed by atoms with Gasteiger partial charge in [0.25, 0.3) is 5.91 Å². The fraction of sp³-hybridized carbons (Fsp3) is 0. The second-order valence-corrected chi connectivity index (χ2v) is 5.69. The van der Waals surface area contributed by atoms with E-state index in [1.54, 1.807) is 24.3 Å². The van der Waals surface area contributed by atoms with Crippen LogP contribution >= 0.6 is 0 Å². The molecule has 0 fully saturated rings. The van der Waals surface area contributed by atoms with Crippen molar-refractivity contribution in [2.24, 2.45) is 5.10 Å². The maximum atomic E-state index is 13.7. The highest BCUT2D eigenvalue weighted by atomic mass is 19.1. The number of hydrazone groups is 1. The van der Waals surface area contributed by atoms with Gasteiger partial charge in [0.15, 0.2) is 0 Å². The summed E-state index contributed by atoms with van der Waals surface area (Å²) in [6.07, 6.45) is 1.37. The van der Waals surface area contributed by atoms with Crippen LogP contribution in [0.1, 0.15) is 26.3 Å². The number of hydrogen-bond donors (Lipinski definition) is 2. The van der Waals surface area contributed by atoms with Crippen molar-refractivity contribution in [2.45, 2.75) is 0 Å². The molecule has 0 atom stereocenters. The number of nitrogens with zero attached hydrogens (tertiary/aromatic N) is 1. The van der Waals surface area contributed by atoms with Crippen LogP contribution in [0.3, 0.4) is 0 Å². The standard InChI is InChI=1S/C21H15FN2O4/c22-19-7-2-1-6-18(19)21(27)28-17-5-3-4-14(12-17)13-23-24-20(26)15-8-10-16(25)11-9-15/h1-13,25H,(H,24,26)/b23-13-. The van der Waals surface area contributed by atoms with Gasteiger partial charge in [-0.05, 0) is 54.1 Å². The Morgan fingerprint density at radius 2 is 1.75 bits per heavy atom. The fourth-order valence-corrected chi connectivity index (χ4v) is 2.29. The molecule has 0 unspecified atom stereocenters. The van der Waals surface area contributed by atoms with Crippen molar-refractivity contribution in [1.82, 2.24) is 5.43 Å². The van der Waals surface area contributed by atoms with Crippen LogP contribution in [0.25, 0.3) is 0 Å². The highest BCUT2D eigenvalue weighted by molar-refractivity contribution is 5.95. The third-order valence-electron chi connectivity index (χ3n) is 3.67. The number of rotatable bonds is 5. The molecule has 0 aliphatic rings. The molecule has 3 aromatic carbocycles. The summed E-state index contributed by atoms with van der Waals surface area (Å²) in [6, 6.07) is 17.6. The van der Waals surface area contributed by atoms with Gasteiger partial charge in [0, 0.05) is 5.56 Å². The molecule has 0 aliphatic heterocycles. The van der Waals surface area contributed by atoms with Gasteiger partial charge in [0.1, 0.15) is 17.3 Å². The lowest BCUT2D eigenvalue weighted by Gasteiger charge is -2.05. The van der Waals surface area contributed by atoms with E-state index in [2.05, 4.69) is 10.5 Å². The minimum absolute atomic E-state index is 0.0572. The fourth-order valence-electron chi connectivity index (χ4n) is 2.29. The molecule has 140 valence electrons. The molecule has 0 radical (unpaired) electrons. The van der Waals surface area contributed by atoms with Gasteiger partial charge in [0.05, 0.1) is 11.8 Å². The number of carbonyl (C=O) groups is 2. The third-order valence-corrected chi connectivity index (χ3v) is 3.67. The molecule has 28 heavy (non-hydrogen) atoms. The zero-order valence-corrected chi connectivity index (χ0v) is 14.5. The number of carbonyl (C=O) groups excluding carboxylic acids is 2. The molecule has 3 rings (SSSR count). The molecular weight excluding hydrogens is 363 g/mol. The molecule has 6 nitrogen and oxygen atoms in total. The summed E-state index contributed by atoms with van der Waals surface area (Å²) in [5, 5.41) is 13.1. The van der Waals surface area contributed by atoms with Crippen LogP contribution in [0.15, 0.2) is 77.9 Å². The minimum Gasteiger partial charge on any atom is -0.508 e. The van der Waals surface area contributed by atoms with Gasteiger partial charge in [0.2, 0.25) is 0 Å². The number of phenolic OH excluding ortho intramolecular Hbond substituents is 1. The van der Waals surface area contributed by atoms with Crippen molar-refractivity contribution in [3.05, 3.63) is 95.3 Å². The molecule has 0 saturated carbocycles. The van der Waals surface area contributed by atoms with Gasteiger partial charge in [-0.15, -0.1) is 0 Å². The van der Waals surface area contributed by atoms with Gasteiger partial charge in [-0.1, -0.05) is 24.3 Å². The molecular formula is C21H15FN2O4. The molecule has 0 spiro atoms. The van der Waals surface area contributed by atoms with E-state index in [1.807, 2.05) is 0 Å². The molecule has 0 aliphatic carbocycles. The van der Waals surface area contributed by atoms with E-state index in [0.717, 1.165) is 0 Å². The number of aromatic hydroxyl groups is 1. The first-order valence-corrected chi connectivity index (χ1v) is 8.22. The molecule has 1 amide bonds. The second-order valence-electron chi connectivity index (χ2n) is 5.69.